The van der Waals surface area contributed by atoms with Crippen LogP contribution < -0.4 is 10.1 Å². The van der Waals surface area contributed by atoms with Crippen molar-refractivity contribution in [2.24, 2.45) is 0 Å². The van der Waals surface area contributed by atoms with Gasteiger partial charge >= 0.3 is 0 Å². The number of hydrogen-bond acceptors (Lipinski definition) is 6. The summed E-state index contributed by atoms with van der Waals surface area (Å²) in [5.74, 6) is 2.04. The minimum absolute atomic E-state index is 0.110. The largest absolute Gasteiger partial charge is 0.497 e. The summed E-state index contributed by atoms with van der Waals surface area (Å²) in [5, 5.41) is 6.74. The molecule has 7 nitrogen and oxygen atoms in total. The summed E-state index contributed by atoms with van der Waals surface area (Å²) in [6, 6.07) is 7.18. The van der Waals surface area contributed by atoms with Gasteiger partial charge in [-0.25, -0.2) is 0 Å². The van der Waals surface area contributed by atoms with Crippen LogP contribution in [0.4, 0.5) is 5.69 Å². The van der Waals surface area contributed by atoms with E-state index in [1.807, 2.05) is 25.8 Å². The molecule has 0 aliphatic heterocycles. The molecule has 0 unspecified atom stereocenters. The van der Waals surface area contributed by atoms with Crippen molar-refractivity contribution in [3.63, 3.8) is 0 Å². The Balaban J connectivity index is 1.83. The van der Waals surface area contributed by atoms with Crippen LogP contribution in [-0.4, -0.2) is 41.6 Å². The van der Waals surface area contributed by atoms with Gasteiger partial charge in [0.1, 0.15) is 5.75 Å². The molecule has 0 aliphatic rings. The lowest BCUT2D eigenvalue weighted by atomic mass is 10.2. The molecule has 2 aromatic rings. The maximum atomic E-state index is 12.0. The minimum Gasteiger partial charge on any atom is -0.497 e. The number of likely N-dealkylation sites (N-methyl/N-ethyl adjacent to an activating group) is 1. The number of anilines is 1. The average molecular weight is 318 g/mol. The molecule has 1 heterocycles. The molecule has 124 valence electrons. The summed E-state index contributed by atoms with van der Waals surface area (Å²) >= 11 is 0. The second-order valence-electron chi connectivity index (χ2n) is 5.65. The van der Waals surface area contributed by atoms with E-state index in [1.54, 1.807) is 31.4 Å². The van der Waals surface area contributed by atoms with E-state index in [2.05, 4.69) is 15.5 Å². The number of methoxy groups -OCH3 is 1. The maximum Gasteiger partial charge on any atom is 0.240 e. The number of benzene rings is 1. The fourth-order valence-corrected chi connectivity index (χ4v) is 1.97. The molecule has 1 aromatic carbocycles. The number of ether oxygens (including phenoxy) is 1. The Morgan fingerprint density at radius 1 is 1.35 bits per heavy atom. The predicted molar refractivity (Wildman–Crippen MR) is 86.3 cm³/mol. The summed E-state index contributed by atoms with van der Waals surface area (Å²) in [4.78, 5) is 18.1. The van der Waals surface area contributed by atoms with Crippen molar-refractivity contribution in [2.45, 2.75) is 26.3 Å². The molecule has 0 aliphatic carbocycles. The standard InChI is InChI=1S/C16H22N4O3/c1-11(2)16-18-15(23-19-16)10-20(3)9-14(21)17-12-5-7-13(22-4)8-6-12/h5-8,11H,9-10H2,1-4H3,(H,17,21). The summed E-state index contributed by atoms with van der Waals surface area (Å²) in [5.41, 5.74) is 0.726. The van der Waals surface area contributed by atoms with E-state index in [0.29, 0.717) is 18.3 Å². The van der Waals surface area contributed by atoms with Gasteiger partial charge in [0.25, 0.3) is 0 Å². The van der Waals surface area contributed by atoms with Gasteiger partial charge < -0.3 is 14.6 Å². The number of carbonyl (C=O) groups is 1. The molecule has 1 amide bonds. The van der Waals surface area contributed by atoms with Crippen LogP contribution in [0.3, 0.4) is 0 Å². The molecule has 0 atom stereocenters. The van der Waals surface area contributed by atoms with Gasteiger partial charge in [-0.1, -0.05) is 19.0 Å². The van der Waals surface area contributed by atoms with Gasteiger partial charge in [-0.15, -0.1) is 0 Å². The Labute approximate surface area is 135 Å². The third-order valence-corrected chi connectivity index (χ3v) is 3.19. The summed E-state index contributed by atoms with van der Waals surface area (Å²) in [7, 11) is 3.43. The van der Waals surface area contributed by atoms with Gasteiger partial charge in [0.2, 0.25) is 11.8 Å². The quantitative estimate of drug-likeness (QED) is 0.843. The number of rotatable bonds is 7. The normalized spacial score (nSPS) is 11.0. The highest BCUT2D eigenvalue weighted by molar-refractivity contribution is 5.92. The van der Waals surface area contributed by atoms with Gasteiger partial charge in [0.15, 0.2) is 5.82 Å². The topological polar surface area (TPSA) is 80.5 Å². The smallest absolute Gasteiger partial charge is 0.240 e. The SMILES string of the molecule is COc1ccc(NC(=O)CN(C)Cc2nc(C(C)C)no2)cc1. The lowest BCUT2D eigenvalue weighted by molar-refractivity contribution is -0.117. The van der Waals surface area contributed by atoms with Crippen molar-refractivity contribution in [2.75, 3.05) is 26.0 Å². The van der Waals surface area contributed by atoms with Crippen LogP contribution in [0.25, 0.3) is 0 Å². The predicted octanol–water partition coefficient (Wildman–Crippen LogP) is 2.27. The molecule has 0 saturated carbocycles. The first-order chi connectivity index (χ1) is 11.0. The second-order valence-corrected chi connectivity index (χ2v) is 5.65. The third-order valence-electron chi connectivity index (χ3n) is 3.19. The number of nitrogens with zero attached hydrogens (tertiary/aromatic N) is 3. The Bertz CT molecular complexity index is 637. The van der Waals surface area contributed by atoms with Crippen molar-refractivity contribution < 1.29 is 14.1 Å². The molecular weight excluding hydrogens is 296 g/mol. The number of hydrogen-bond donors (Lipinski definition) is 1. The third kappa shape index (κ3) is 5.07. The number of carbonyl (C=O) groups excluding carboxylic acids is 1. The van der Waals surface area contributed by atoms with Gasteiger partial charge in [0, 0.05) is 11.6 Å². The zero-order valence-corrected chi connectivity index (χ0v) is 13.9. The van der Waals surface area contributed by atoms with Crippen molar-refractivity contribution in [1.82, 2.24) is 15.0 Å². The summed E-state index contributed by atoms with van der Waals surface area (Å²) in [6.45, 7) is 4.66. The molecular formula is C16H22N4O3. The molecule has 1 N–H and O–H groups in total. The van der Waals surface area contributed by atoms with Gasteiger partial charge in [-0.2, -0.15) is 4.98 Å². The van der Waals surface area contributed by atoms with E-state index in [1.165, 1.54) is 0 Å². The number of amides is 1. The van der Waals surface area contributed by atoms with Crippen molar-refractivity contribution in [1.29, 1.82) is 0 Å². The van der Waals surface area contributed by atoms with Crippen molar-refractivity contribution in [3.05, 3.63) is 36.0 Å². The van der Waals surface area contributed by atoms with E-state index >= 15 is 0 Å². The second kappa shape index (κ2) is 7.73. The van der Waals surface area contributed by atoms with Gasteiger partial charge in [-0.05, 0) is 31.3 Å². The highest BCUT2D eigenvalue weighted by Gasteiger charge is 2.13. The van der Waals surface area contributed by atoms with Crippen molar-refractivity contribution in [3.8, 4) is 5.75 Å². The van der Waals surface area contributed by atoms with E-state index in [9.17, 15) is 4.79 Å². The van der Waals surface area contributed by atoms with E-state index < -0.39 is 0 Å². The number of aromatic nitrogens is 2. The first-order valence-corrected chi connectivity index (χ1v) is 7.43. The lowest BCUT2D eigenvalue weighted by Crippen LogP contribution is -2.29. The zero-order valence-electron chi connectivity index (χ0n) is 13.9. The van der Waals surface area contributed by atoms with E-state index in [4.69, 9.17) is 9.26 Å². The van der Waals surface area contributed by atoms with Crippen LogP contribution in [0, 0.1) is 0 Å². The fraction of sp³-hybridized carbons (Fsp3) is 0.438. The molecule has 0 saturated heterocycles. The lowest BCUT2D eigenvalue weighted by Gasteiger charge is -2.14. The highest BCUT2D eigenvalue weighted by Crippen LogP contribution is 2.15. The van der Waals surface area contributed by atoms with Crippen LogP contribution in [-0.2, 0) is 11.3 Å². The molecule has 2 rings (SSSR count). The van der Waals surface area contributed by atoms with E-state index in [-0.39, 0.29) is 18.4 Å². The van der Waals surface area contributed by atoms with Crippen LogP contribution in [0.15, 0.2) is 28.8 Å². The first kappa shape index (κ1) is 17.0. The Morgan fingerprint density at radius 3 is 2.61 bits per heavy atom. The van der Waals surface area contributed by atoms with E-state index in [0.717, 1.165) is 11.4 Å². The van der Waals surface area contributed by atoms with Gasteiger partial charge in [-0.3, -0.25) is 9.69 Å². The van der Waals surface area contributed by atoms with Crippen LogP contribution in [0.2, 0.25) is 0 Å². The minimum atomic E-state index is -0.110. The maximum absolute atomic E-state index is 12.0. The Kier molecular flexibility index (Phi) is 5.70. The molecule has 0 bridgehead atoms. The molecule has 0 spiro atoms. The zero-order chi connectivity index (χ0) is 16.8. The van der Waals surface area contributed by atoms with Crippen LogP contribution in [0.5, 0.6) is 5.75 Å². The average Bonchev–Trinajstić information content (AvgIpc) is 2.96. The molecule has 23 heavy (non-hydrogen) atoms. The Morgan fingerprint density at radius 2 is 2.04 bits per heavy atom. The summed E-state index contributed by atoms with van der Waals surface area (Å²) < 4.78 is 10.3. The van der Waals surface area contributed by atoms with Crippen molar-refractivity contribution >= 4 is 11.6 Å². The molecule has 0 fully saturated rings. The Hall–Kier alpha value is -2.41. The highest BCUT2D eigenvalue weighted by atomic mass is 16.5. The monoisotopic (exact) mass is 318 g/mol. The van der Waals surface area contributed by atoms with Gasteiger partial charge in [0.05, 0.1) is 20.2 Å². The molecule has 1 aromatic heterocycles. The summed E-state index contributed by atoms with van der Waals surface area (Å²) in [6.07, 6.45) is 0. The molecule has 0 radical (unpaired) electrons. The number of nitrogens with one attached hydrogen (secondary N) is 1. The molecule has 7 heteroatoms. The fourth-order valence-electron chi connectivity index (χ4n) is 1.97. The van der Waals surface area contributed by atoms with Crippen LogP contribution >= 0.6 is 0 Å². The van der Waals surface area contributed by atoms with Crippen LogP contribution in [0.1, 0.15) is 31.5 Å². The first-order valence-electron chi connectivity index (χ1n) is 7.43.